The lowest BCUT2D eigenvalue weighted by molar-refractivity contribution is 0.111. The standard InChI is InChI=1S/C13H16F2O/c14-13(15)11-7-5-10(6-8-11)12(16)9-3-1-2-4-9/h5-9,12-13,16H,1-4H2. The van der Waals surface area contributed by atoms with Gasteiger partial charge in [0.25, 0.3) is 6.43 Å². The van der Waals surface area contributed by atoms with Crippen LogP contribution >= 0.6 is 0 Å². The number of rotatable bonds is 3. The second kappa shape index (κ2) is 4.91. The lowest BCUT2D eigenvalue weighted by Crippen LogP contribution is -2.08. The van der Waals surface area contributed by atoms with Gasteiger partial charge in [0.2, 0.25) is 0 Å². The lowest BCUT2D eigenvalue weighted by Gasteiger charge is -2.18. The van der Waals surface area contributed by atoms with Crippen molar-refractivity contribution in [3.8, 4) is 0 Å². The molecule has 16 heavy (non-hydrogen) atoms. The second-order valence-electron chi connectivity index (χ2n) is 4.46. The number of aliphatic hydroxyl groups excluding tert-OH is 1. The zero-order valence-corrected chi connectivity index (χ0v) is 9.07. The smallest absolute Gasteiger partial charge is 0.263 e. The molecule has 0 amide bonds. The van der Waals surface area contributed by atoms with Gasteiger partial charge in [0.15, 0.2) is 0 Å². The monoisotopic (exact) mass is 226 g/mol. The van der Waals surface area contributed by atoms with E-state index in [4.69, 9.17) is 0 Å². The van der Waals surface area contributed by atoms with Crippen LogP contribution in [0.2, 0.25) is 0 Å². The highest BCUT2D eigenvalue weighted by Crippen LogP contribution is 2.35. The number of hydrogen-bond acceptors (Lipinski definition) is 1. The molecule has 0 aliphatic heterocycles. The Morgan fingerprint density at radius 2 is 1.50 bits per heavy atom. The van der Waals surface area contributed by atoms with Gasteiger partial charge in [0, 0.05) is 5.56 Å². The second-order valence-corrected chi connectivity index (χ2v) is 4.46. The Hall–Kier alpha value is -0.960. The molecular weight excluding hydrogens is 210 g/mol. The highest BCUT2D eigenvalue weighted by molar-refractivity contribution is 5.25. The number of alkyl halides is 2. The highest BCUT2D eigenvalue weighted by Gasteiger charge is 2.24. The van der Waals surface area contributed by atoms with Crippen LogP contribution in [0.5, 0.6) is 0 Å². The van der Waals surface area contributed by atoms with Crippen molar-refractivity contribution in [3.63, 3.8) is 0 Å². The van der Waals surface area contributed by atoms with Crippen LogP contribution in [0.3, 0.4) is 0 Å². The van der Waals surface area contributed by atoms with Crippen LogP contribution in [-0.2, 0) is 0 Å². The van der Waals surface area contributed by atoms with Crippen LogP contribution in [0.25, 0.3) is 0 Å². The molecule has 0 heterocycles. The summed E-state index contributed by atoms with van der Waals surface area (Å²) in [7, 11) is 0. The van der Waals surface area contributed by atoms with Crippen molar-refractivity contribution < 1.29 is 13.9 Å². The number of halogens is 2. The molecule has 0 bridgehead atoms. The fraction of sp³-hybridized carbons (Fsp3) is 0.538. The average molecular weight is 226 g/mol. The summed E-state index contributed by atoms with van der Waals surface area (Å²) in [4.78, 5) is 0. The maximum atomic E-state index is 12.3. The van der Waals surface area contributed by atoms with Crippen molar-refractivity contribution in [3.05, 3.63) is 35.4 Å². The molecule has 0 radical (unpaired) electrons. The maximum Gasteiger partial charge on any atom is 0.263 e. The summed E-state index contributed by atoms with van der Waals surface area (Å²) in [6, 6.07) is 6.03. The molecule has 3 heteroatoms. The van der Waals surface area contributed by atoms with Gasteiger partial charge in [-0.2, -0.15) is 0 Å². The van der Waals surface area contributed by atoms with Gasteiger partial charge in [-0.1, -0.05) is 37.1 Å². The van der Waals surface area contributed by atoms with E-state index in [1.165, 1.54) is 12.1 Å². The third-order valence-corrected chi connectivity index (χ3v) is 3.38. The highest BCUT2D eigenvalue weighted by atomic mass is 19.3. The Morgan fingerprint density at radius 3 is 2.00 bits per heavy atom. The van der Waals surface area contributed by atoms with Gasteiger partial charge in [-0.05, 0) is 24.3 Å². The van der Waals surface area contributed by atoms with Crippen molar-refractivity contribution >= 4 is 0 Å². The molecule has 88 valence electrons. The average Bonchev–Trinajstić information content (AvgIpc) is 2.81. The van der Waals surface area contributed by atoms with Gasteiger partial charge in [-0.3, -0.25) is 0 Å². The Kier molecular flexibility index (Phi) is 3.54. The molecule has 1 fully saturated rings. The number of aliphatic hydroxyl groups is 1. The van der Waals surface area contributed by atoms with Crippen molar-refractivity contribution in [1.29, 1.82) is 0 Å². The summed E-state index contributed by atoms with van der Waals surface area (Å²) in [6.45, 7) is 0. The van der Waals surface area contributed by atoms with E-state index < -0.39 is 12.5 Å². The molecule has 1 aromatic rings. The van der Waals surface area contributed by atoms with Gasteiger partial charge in [-0.15, -0.1) is 0 Å². The van der Waals surface area contributed by atoms with E-state index in [0.717, 1.165) is 31.2 Å². The third-order valence-electron chi connectivity index (χ3n) is 3.38. The Morgan fingerprint density at radius 1 is 1.00 bits per heavy atom. The van der Waals surface area contributed by atoms with Crippen molar-refractivity contribution in [1.82, 2.24) is 0 Å². The third kappa shape index (κ3) is 2.40. The number of benzene rings is 1. The van der Waals surface area contributed by atoms with Crippen LogP contribution in [0.4, 0.5) is 8.78 Å². The molecule has 1 aliphatic carbocycles. The van der Waals surface area contributed by atoms with E-state index in [2.05, 4.69) is 0 Å². The first-order valence-corrected chi connectivity index (χ1v) is 5.74. The molecule has 1 nitrogen and oxygen atoms in total. The van der Waals surface area contributed by atoms with Crippen molar-refractivity contribution in [2.45, 2.75) is 38.2 Å². The first kappa shape index (κ1) is 11.5. The molecule has 0 saturated heterocycles. The zero-order valence-electron chi connectivity index (χ0n) is 9.07. The summed E-state index contributed by atoms with van der Waals surface area (Å²) in [5, 5.41) is 10.1. The summed E-state index contributed by atoms with van der Waals surface area (Å²) < 4.78 is 24.7. The molecule has 0 spiro atoms. The molecule has 2 rings (SSSR count). The largest absolute Gasteiger partial charge is 0.388 e. The zero-order chi connectivity index (χ0) is 11.5. The molecule has 1 saturated carbocycles. The number of hydrogen-bond donors (Lipinski definition) is 1. The normalized spacial score (nSPS) is 19.2. The van der Waals surface area contributed by atoms with E-state index in [-0.39, 0.29) is 5.56 Å². The van der Waals surface area contributed by atoms with Gasteiger partial charge in [0.05, 0.1) is 6.10 Å². The van der Waals surface area contributed by atoms with Crippen molar-refractivity contribution in [2.24, 2.45) is 5.92 Å². The molecule has 1 aliphatic rings. The minimum atomic E-state index is -2.43. The van der Waals surface area contributed by atoms with Gasteiger partial charge < -0.3 is 5.11 Å². The molecule has 0 aromatic heterocycles. The summed E-state index contributed by atoms with van der Waals surface area (Å²) >= 11 is 0. The Bertz CT molecular complexity index is 328. The molecule has 1 aromatic carbocycles. The van der Waals surface area contributed by atoms with Crippen molar-refractivity contribution in [2.75, 3.05) is 0 Å². The molecule has 1 atom stereocenters. The van der Waals surface area contributed by atoms with Crippen LogP contribution < -0.4 is 0 Å². The van der Waals surface area contributed by atoms with E-state index in [9.17, 15) is 13.9 Å². The van der Waals surface area contributed by atoms with Gasteiger partial charge in [-0.25, -0.2) is 8.78 Å². The van der Waals surface area contributed by atoms with Gasteiger partial charge >= 0.3 is 0 Å². The predicted molar refractivity (Wildman–Crippen MR) is 58.3 cm³/mol. The SMILES string of the molecule is OC(c1ccc(C(F)F)cc1)C1CCCC1. The van der Waals surface area contributed by atoms with Crippen LogP contribution in [0, 0.1) is 5.92 Å². The fourth-order valence-electron chi connectivity index (χ4n) is 2.38. The molecule has 1 unspecified atom stereocenters. The Labute approximate surface area is 94.1 Å². The fourth-order valence-corrected chi connectivity index (χ4v) is 2.38. The van der Waals surface area contributed by atoms with Gasteiger partial charge in [0.1, 0.15) is 0 Å². The van der Waals surface area contributed by atoms with Crippen LogP contribution in [0.1, 0.15) is 49.3 Å². The van der Waals surface area contributed by atoms with Crippen LogP contribution in [0.15, 0.2) is 24.3 Å². The Balaban J connectivity index is 2.08. The predicted octanol–water partition coefficient (Wildman–Crippen LogP) is 3.85. The topological polar surface area (TPSA) is 20.2 Å². The summed E-state index contributed by atoms with van der Waals surface area (Å²) in [5.41, 5.74) is 0.777. The summed E-state index contributed by atoms with van der Waals surface area (Å²) in [6.07, 6.45) is 1.48. The van der Waals surface area contributed by atoms with E-state index >= 15 is 0 Å². The first-order valence-electron chi connectivity index (χ1n) is 5.74. The molecular formula is C13H16F2O. The first-order chi connectivity index (χ1) is 7.68. The van der Waals surface area contributed by atoms with E-state index in [0.29, 0.717) is 5.92 Å². The minimum absolute atomic E-state index is 0.0161. The summed E-state index contributed by atoms with van der Waals surface area (Å²) in [5.74, 6) is 0.303. The lowest BCUT2D eigenvalue weighted by atomic mass is 9.94. The van der Waals surface area contributed by atoms with E-state index in [1.54, 1.807) is 12.1 Å². The quantitative estimate of drug-likeness (QED) is 0.830. The minimum Gasteiger partial charge on any atom is -0.388 e. The maximum absolute atomic E-state index is 12.3. The molecule has 1 N–H and O–H groups in total. The van der Waals surface area contributed by atoms with Crippen LogP contribution in [-0.4, -0.2) is 5.11 Å². The van der Waals surface area contributed by atoms with E-state index in [1.807, 2.05) is 0 Å².